The third kappa shape index (κ3) is 6.58. The number of unbranched alkanes of at least 4 members (excludes halogenated alkanes) is 6. The van der Waals surface area contributed by atoms with E-state index in [0.29, 0.717) is 0 Å². The van der Waals surface area contributed by atoms with Crippen molar-refractivity contribution in [3.63, 3.8) is 0 Å². The molecule has 0 bridgehead atoms. The molecule has 2 heteroatoms. The van der Waals surface area contributed by atoms with Crippen LogP contribution in [0.4, 0.5) is 0 Å². The van der Waals surface area contributed by atoms with Gasteiger partial charge < -0.3 is 0 Å². The van der Waals surface area contributed by atoms with Crippen LogP contribution in [-0.4, -0.2) is 15.7 Å². The van der Waals surface area contributed by atoms with E-state index in [-0.39, 0.29) is 10.8 Å². The number of rotatable bonds is 16. The second-order valence-corrected chi connectivity index (χ2v) is 19.5. The summed E-state index contributed by atoms with van der Waals surface area (Å²) in [5.74, 6) is 0. The van der Waals surface area contributed by atoms with Gasteiger partial charge in [0.25, 0.3) is 0 Å². The minimum atomic E-state index is -0.0550. The maximum absolute atomic E-state index is 2.56. The molecule has 7 aromatic rings. The third-order valence-corrected chi connectivity index (χ3v) is 16.1. The van der Waals surface area contributed by atoms with Crippen molar-refractivity contribution in [2.75, 3.05) is 0 Å². The largest absolute Gasteiger partial charge is 0.139 e. The Morgan fingerprint density at radius 2 is 0.677 bits per heavy atom. The highest BCUT2D eigenvalue weighted by Crippen LogP contribution is 2.57. The van der Waals surface area contributed by atoms with Crippen LogP contribution in [-0.2, 0) is 49.4 Å². The Morgan fingerprint density at radius 1 is 0.339 bits per heavy atom. The molecule has 0 amide bonds. The smallest absolute Gasteiger partial charge is 0.0856 e. The molecule has 4 aliphatic carbocycles. The van der Waals surface area contributed by atoms with Crippen LogP contribution in [0.25, 0.3) is 22.3 Å². The maximum atomic E-state index is 2.56. The lowest BCUT2D eigenvalue weighted by molar-refractivity contribution is 0.510. The Morgan fingerprint density at radius 3 is 1.02 bits per heavy atom. The van der Waals surface area contributed by atoms with Gasteiger partial charge in [0.2, 0.25) is 0 Å². The quantitative estimate of drug-likeness (QED) is 0.0674. The van der Waals surface area contributed by atoms with Crippen LogP contribution in [0.15, 0.2) is 146 Å². The van der Waals surface area contributed by atoms with Gasteiger partial charge in [0, 0.05) is 10.8 Å². The molecule has 0 saturated carbocycles. The summed E-state index contributed by atoms with van der Waals surface area (Å²) in [4.78, 5) is 0. The van der Waals surface area contributed by atoms with E-state index in [2.05, 4.69) is 161 Å². The van der Waals surface area contributed by atoms with Crippen molar-refractivity contribution in [1.29, 1.82) is 0 Å². The van der Waals surface area contributed by atoms with Gasteiger partial charge in [-0.2, -0.15) is 0 Å². The fourth-order valence-electron chi connectivity index (χ4n) is 12.6. The molecule has 0 aliphatic heterocycles. The van der Waals surface area contributed by atoms with E-state index in [1.54, 1.807) is 33.4 Å². The highest BCUT2D eigenvalue weighted by molar-refractivity contribution is 6.37. The molecule has 0 heterocycles. The van der Waals surface area contributed by atoms with Crippen LogP contribution in [0, 0.1) is 0 Å². The lowest BCUT2D eigenvalue weighted by Gasteiger charge is -2.35. The Hall–Kier alpha value is -5.33. The first-order valence-electron chi connectivity index (χ1n) is 24.3. The Labute approximate surface area is 373 Å². The Bertz CT molecular complexity index is 2520. The lowest BCUT2D eigenvalue weighted by atomic mass is 9.68. The van der Waals surface area contributed by atoms with Gasteiger partial charge in [-0.1, -0.05) is 206 Å². The molecule has 11 rings (SSSR count). The summed E-state index contributed by atoms with van der Waals surface area (Å²) >= 11 is 0. The topological polar surface area (TPSA) is 0 Å². The normalized spacial score (nSPS) is 15.4. The Kier molecular flexibility index (Phi) is 10.5. The van der Waals surface area contributed by atoms with Gasteiger partial charge in [0.1, 0.15) is 15.7 Å². The molecular formula is C60H60B2. The van der Waals surface area contributed by atoms with Gasteiger partial charge in [-0.05, 0) is 142 Å². The van der Waals surface area contributed by atoms with E-state index in [0.717, 1.165) is 0 Å². The number of benzene rings is 7. The van der Waals surface area contributed by atoms with E-state index in [9.17, 15) is 0 Å². The first kappa shape index (κ1) is 39.5. The van der Waals surface area contributed by atoms with Gasteiger partial charge in [-0.15, -0.1) is 0 Å². The first-order valence-corrected chi connectivity index (χ1v) is 24.3. The average molecular weight is 803 g/mol. The Balaban J connectivity index is 0.698. The second kappa shape index (κ2) is 16.4. The van der Waals surface area contributed by atoms with Gasteiger partial charge in [-0.25, -0.2) is 0 Å². The molecule has 0 atom stereocenters. The van der Waals surface area contributed by atoms with Crippen molar-refractivity contribution >= 4 is 26.6 Å². The fraction of sp³-hybridized carbons (Fsp3) is 0.300. The molecule has 0 aromatic heterocycles. The average Bonchev–Trinajstić information content (AvgIpc) is 3.73. The predicted octanol–water partition coefficient (Wildman–Crippen LogP) is 11.4. The molecule has 0 radical (unpaired) electrons. The van der Waals surface area contributed by atoms with E-state index in [4.69, 9.17) is 0 Å². The number of hydrogen-bond donors (Lipinski definition) is 0. The minimum Gasteiger partial charge on any atom is -0.0856 e. The standard InChI is InChI=1S/C60H60B2/c61-57-40-46(18-6-2-4-16-36-60(48-34-32-42-28-30-44(42)38-48)55-25-13-9-21-51(55)52-22-10-14-26-56(52)60)58(62)39-45(57)17-5-1-3-15-35-59(47-33-31-41-27-29-43(41)37-47)53-23-11-7-19-49(53)50-20-8-12-24-54(50)59/h7-14,19-26,31-34,37-40H,1-6,15-18,27-30,35-36,61-62H2. The van der Waals surface area contributed by atoms with Gasteiger partial charge in [0.05, 0.1) is 0 Å². The first-order chi connectivity index (χ1) is 30.5. The highest BCUT2D eigenvalue weighted by Gasteiger charge is 2.45. The van der Waals surface area contributed by atoms with Crippen molar-refractivity contribution in [3.05, 3.63) is 212 Å². The van der Waals surface area contributed by atoms with Crippen LogP contribution >= 0.6 is 0 Å². The molecule has 306 valence electrons. The van der Waals surface area contributed by atoms with Crippen molar-refractivity contribution in [1.82, 2.24) is 0 Å². The third-order valence-electron chi connectivity index (χ3n) is 16.1. The molecular weight excluding hydrogens is 742 g/mol. The number of hydrogen-bond acceptors (Lipinski definition) is 0. The number of fused-ring (bicyclic) bond motifs is 8. The number of aryl methyl sites for hydroxylation is 6. The molecule has 0 fully saturated rings. The summed E-state index contributed by atoms with van der Waals surface area (Å²) < 4.78 is 0. The minimum absolute atomic E-state index is 0.0550. The van der Waals surface area contributed by atoms with Crippen molar-refractivity contribution in [2.24, 2.45) is 0 Å². The van der Waals surface area contributed by atoms with E-state index in [1.807, 2.05) is 0 Å². The molecule has 0 N–H and O–H groups in total. The monoisotopic (exact) mass is 802 g/mol. The molecule has 0 spiro atoms. The second-order valence-electron chi connectivity index (χ2n) is 19.5. The molecule has 62 heavy (non-hydrogen) atoms. The van der Waals surface area contributed by atoms with E-state index >= 15 is 0 Å². The summed E-state index contributed by atoms with van der Waals surface area (Å²) in [6, 6.07) is 57.0. The van der Waals surface area contributed by atoms with E-state index in [1.165, 1.54) is 169 Å². The summed E-state index contributed by atoms with van der Waals surface area (Å²) in [6.07, 6.45) is 19.8. The summed E-state index contributed by atoms with van der Waals surface area (Å²) in [6.45, 7) is 0. The molecule has 0 nitrogen and oxygen atoms in total. The zero-order valence-corrected chi connectivity index (χ0v) is 37.2. The van der Waals surface area contributed by atoms with Crippen molar-refractivity contribution in [2.45, 2.75) is 114 Å². The van der Waals surface area contributed by atoms with Crippen LogP contribution in [0.1, 0.15) is 131 Å². The van der Waals surface area contributed by atoms with Gasteiger partial charge in [0.15, 0.2) is 0 Å². The fourth-order valence-corrected chi connectivity index (χ4v) is 12.6. The molecule has 4 aliphatic rings. The van der Waals surface area contributed by atoms with Crippen molar-refractivity contribution in [3.8, 4) is 22.3 Å². The zero-order chi connectivity index (χ0) is 41.7. The van der Waals surface area contributed by atoms with Gasteiger partial charge >= 0.3 is 0 Å². The van der Waals surface area contributed by atoms with Crippen LogP contribution < -0.4 is 10.9 Å². The predicted molar refractivity (Wildman–Crippen MR) is 268 cm³/mol. The van der Waals surface area contributed by atoms with E-state index < -0.39 is 0 Å². The SMILES string of the molecule is Bc1cc(CCCCCCC2(c3ccc4c(c3)CC4)c3ccccc3-c3ccccc32)c(B)cc1CCCCCCC1(c2ccc3c(c2)CC3)c2ccccc2-c2ccccc21. The zero-order valence-electron chi connectivity index (χ0n) is 37.2. The molecule has 7 aromatic carbocycles. The summed E-state index contributed by atoms with van der Waals surface area (Å²) in [5.41, 5.74) is 27.0. The van der Waals surface area contributed by atoms with Gasteiger partial charge in [-0.3, -0.25) is 0 Å². The van der Waals surface area contributed by atoms with Crippen LogP contribution in [0.2, 0.25) is 0 Å². The lowest BCUT2D eigenvalue weighted by Crippen LogP contribution is -2.28. The molecule has 0 saturated heterocycles. The highest BCUT2D eigenvalue weighted by atomic mass is 14.5. The summed E-state index contributed by atoms with van der Waals surface area (Å²) in [5, 5.41) is 0. The van der Waals surface area contributed by atoms with Crippen LogP contribution in [0.5, 0.6) is 0 Å². The summed E-state index contributed by atoms with van der Waals surface area (Å²) in [7, 11) is 4.72. The van der Waals surface area contributed by atoms with Crippen molar-refractivity contribution < 1.29 is 0 Å². The molecule has 0 unspecified atom stereocenters. The van der Waals surface area contributed by atoms with Crippen LogP contribution in [0.3, 0.4) is 0 Å². The maximum Gasteiger partial charge on any atom is 0.139 e.